The number of rotatable bonds is 7. The topological polar surface area (TPSA) is 79.9 Å². The number of anilines is 1. The Bertz CT molecular complexity index is 559. The van der Waals surface area contributed by atoms with Gasteiger partial charge >= 0.3 is 0 Å². The summed E-state index contributed by atoms with van der Waals surface area (Å²) in [6.07, 6.45) is 0.248. The lowest BCUT2D eigenvalue weighted by atomic mass is 10.2. The molecule has 7 heteroatoms. The molecule has 7 nitrogen and oxygen atoms in total. The first kappa shape index (κ1) is 18.2. The summed E-state index contributed by atoms with van der Waals surface area (Å²) in [7, 11) is 1.55. The molecular formula is C17H25N3O4. The van der Waals surface area contributed by atoms with Gasteiger partial charge in [-0.25, -0.2) is 0 Å². The third-order valence-electron chi connectivity index (χ3n) is 3.72. The fourth-order valence-corrected chi connectivity index (χ4v) is 2.58. The largest absolute Gasteiger partial charge is 0.495 e. The Kier molecular flexibility index (Phi) is 7.02. The summed E-state index contributed by atoms with van der Waals surface area (Å²) in [5.41, 5.74) is 0.587. The molecule has 0 radical (unpaired) electrons. The third kappa shape index (κ3) is 4.94. The Morgan fingerprint density at radius 1 is 1.42 bits per heavy atom. The molecule has 0 spiro atoms. The molecule has 0 aliphatic carbocycles. The molecule has 2 N–H and O–H groups in total. The smallest absolute Gasteiger partial charge is 0.253 e. The summed E-state index contributed by atoms with van der Waals surface area (Å²) in [5.74, 6) is 0.170. The van der Waals surface area contributed by atoms with Gasteiger partial charge in [0.05, 0.1) is 25.9 Å². The molecule has 1 saturated heterocycles. The highest BCUT2D eigenvalue weighted by atomic mass is 16.5. The van der Waals surface area contributed by atoms with Crippen LogP contribution in [0.3, 0.4) is 0 Å². The van der Waals surface area contributed by atoms with E-state index in [0.717, 1.165) is 13.0 Å². The van der Waals surface area contributed by atoms with E-state index in [1.165, 1.54) is 0 Å². The molecule has 0 bridgehead atoms. The number of carbonyl (C=O) groups excluding carboxylic acids is 2. The summed E-state index contributed by atoms with van der Waals surface area (Å²) < 4.78 is 10.7. The molecule has 1 heterocycles. The van der Waals surface area contributed by atoms with Gasteiger partial charge in [-0.2, -0.15) is 0 Å². The maximum atomic E-state index is 12.6. The highest BCUT2D eigenvalue weighted by Gasteiger charge is 2.27. The Balaban J connectivity index is 1.98. The van der Waals surface area contributed by atoms with E-state index < -0.39 is 6.10 Å². The minimum atomic E-state index is -0.524. The Hall–Kier alpha value is -2.12. The number of carbonyl (C=O) groups is 2. The SMILES string of the molecule is CCCN(CC(=O)Nc1ccccc1OC)C(=O)[C@H]1CNCCO1. The van der Waals surface area contributed by atoms with E-state index in [-0.39, 0.29) is 18.4 Å². The van der Waals surface area contributed by atoms with Gasteiger partial charge in [-0.05, 0) is 18.6 Å². The molecule has 0 unspecified atom stereocenters. The van der Waals surface area contributed by atoms with E-state index in [0.29, 0.717) is 31.1 Å². The molecule has 2 amide bonds. The first-order valence-corrected chi connectivity index (χ1v) is 8.19. The fourth-order valence-electron chi connectivity index (χ4n) is 2.58. The molecule has 0 saturated carbocycles. The van der Waals surface area contributed by atoms with Crippen molar-refractivity contribution in [2.75, 3.05) is 45.2 Å². The zero-order valence-corrected chi connectivity index (χ0v) is 14.2. The van der Waals surface area contributed by atoms with Gasteiger partial charge in [0.15, 0.2) is 0 Å². The average molecular weight is 335 g/mol. The quantitative estimate of drug-likeness (QED) is 0.773. The zero-order chi connectivity index (χ0) is 17.4. The van der Waals surface area contributed by atoms with Crippen LogP contribution in [0.5, 0.6) is 5.75 Å². The lowest BCUT2D eigenvalue weighted by Gasteiger charge is -2.29. The number of para-hydroxylation sites is 2. The molecule has 1 aromatic carbocycles. The third-order valence-corrected chi connectivity index (χ3v) is 3.72. The van der Waals surface area contributed by atoms with Gasteiger partial charge < -0.3 is 25.0 Å². The van der Waals surface area contributed by atoms with Crippen LogP contribution in [0.1, 0.15) is 13.3 Å². The van der Waals surface area contributed by atoms with E-state index in [2.05, 4.69) is 10.6 Å². The number of nitrogens with one attached hydrogen (secondary N) is 2. The Labute approximate surface area is 142 Å². The molecule has 0 aromatic heterocycles. The number of nitrogens with zero attached hydrogens (tertiary/aromatic N) is 1. The fraction of sp³-hybridized carbons (Fsp3) is 0.529. The number of hydrogen-bond donors (Lipinski definition) is 2. The summed E-state index contributed by atoms with van der Waals surface area (Å²) >= 11 is 0. The number of hydrogen-bond acceptors (Lipinski definition) is 5. The van der Waals surface area contributed by atoms with E-state index in [9.17, 15) is 9.59 Å². The monoisotopic (exact) mass is 335 g/mol. The second-order valence-corrected chi connectivity index (χ2v) is 5.57. The van der Waals surface area contributed by atoms with Crippen LogP contribution in [0.2, 0.25) is 0 Å². The van der Waals surface area contributed by atoms with Gasteiger partial charge in [-0.1, -0.05) is 19.1 Å². The van der Waals surface area contributed by atoms with Crippen molar-refractivity contribution in [3.8, 4) is 5.75 Å². The maximum Gasteiger partial charge on any atom is 0.253 e. The predicted octanol–water partition coefficient (Wildman–Crippen LogP) is 0.861. The van der Waals surface area contributed by atoms with Crippen LogP contribution in [0.15, 0.2) is 24.3 Å². The zero-order valence-electron chi connectivity index (χ0n) is 14.2. The number of morpholine rings is 1. The van der Waals surface area contributed by atoms with Gasteiger partial charge in [0.2, 0.25) is 5.91 Å². The highest BCUT2D eigenvalue weighted by molar-refractivity contribution is 5.96. The average Bonchev–Trinajstić information content (AvgIpc) is 2.62. The normalized spacial score (nSPS) is 17.2. The summed E-state index contributed by atoms with van der Waals surface area (Å²) in [6.45, 7) is 4.20. The van der Waals surface area contributed by atoms with Gasteiger partial charge in [-0.3, -0.25) is 9.59 Å². The van der Waals surface area contributed by atoms with Crippen molar-refractivity contribution in [3.05, 3.63) is 24.3 Å². The number of ether oxygens (including phenoxy) is 2. The van der Waals surface area contributed by atoms with Crippen LogP contribution in [0.25, 0.3) is 0 Å². The lowest BCUT2D eigenvalue weighted by Crippen LogP contribution is -2.51. The molecule has 1 atom stereocenters. The second kappa shape index (κ2) is 9.24. The number of benzene rings is 1. The van der Waals surface area contributed by atoms with Crippen LogP contribution in [-0.4, -0.2) is 62.7 Å². The molecule has 2 rings (SSSR count). The molecule has 1 fully saturated rings. The molecule has 1 aromatic rings. The van der Waals surface area contributed by atoms with Crippen molar-refractivity contribution in [1.82, 2.24) is 10.2 Å². The van der Waals surface area contributed by atoms with Crippen molar-refractivity contribution in [2.24, 2.45) is 0 Å². The highest BCUT2D eigenvalue weighted by Crippen LogP contribution is 2.22. The van der Waals surface area contributed by atoms with E-state index >= 15 is 0 Å². The maximum absolute atomic E-state index is 12.6. The van der Waals surface area contributed by atoms with Crippen molar-refractivity contribution >= 4 is 17.5 Å². The first-order valence-electron chi connectivity index (χ1n) is 8.19. The molecule has 24 heavy (non-hydrogen) atoms. The van der Waals surface area contributed by atoms with Crippen LogP contribution in [0, 0.1) is 0 Å². The molecule has 132 valence electrons. The predicted molar refractivity (Wildman–Crippen MR) is 91.1 cm³/mol. The van der Waals surface area contributed by atoms with Gasteiger partial charge in [0.1, 0.15) is 11.9 Å². The van der Waals surface area contributed by atoms with Crippen molar-refractivity contribution in [3.63, 3.8) is 0 Å². The molecule has 1 aliphatic heterocycles. The van der Waals surface area contributed by atoms with Crippen LogP contribution < -0.4 is 15.4 Å². The van der Waals surface area contributed by atoms with Crippen LogP contribution >= 0.6 is 0 Å². The van der Waals surface area contributed by atoms with Gasteiger partial charge in [0, 0.05) is 19.6 Å². The second-order valence-electron chi connectivity index (χ2n) is 5.57. The van der Waals surface area contributed by atoms with E-state index in [1.54, 1.807) is 24.1 Å². The summed E-state index contributed by atoms with van der Waals surface area (Å²) in [4.78, 5) is 26.4. The van der Waals surface area contributed by atoms with Crippen LogP contribution in [0.4, 0.5) is 5.69 Å². The summed E-state index contributed by atoms with van der Waals surface area (Å²) in [5, 5.41) is 5.93. The van der Waals surface area contributed by atoms with Gasteiger partial charge in [0.25, 0.3) is 5.91 Å². The van der Waals surface area contributed by atoms with E-state index in [1.807, 2.05) is 19.1 Å². The van der Waals surface area contributed by atoms with E-state index in [4.69, 9.17) is 9.47 Å². The minimum absolute atomic E-state index is 0.00934. The lowest BCUT2D eigenvalue weighted by molar-refractivity contribution is -0.147. The van der Waals surface area contributed by atoms with Crippen molar-refractivity contribution in [2.45, 2.75) is 19.4 Å². The first-order chi connectivity index (χ1) is 11.7. The van der Waals surface area contributed by atoms with Crippen molar-refractivity contribution < 1.29 is 19.1 Å². The Morgan fingerprint density at radius 2 is 2.21 bits per heavy atom. The molecular weight excluding hydrogens is 310 g/mol. The summed E-state index contributed by atoms with van der Waals surface area (Å²) in [6, 6.07) is 7.17. The van der Waals surface area contributed by atoms with Gasteiger partial charge in [-0.15, -0.1) is 0 Å². The standard InChI is InChI=1S/C17H25N3O4/c1-3-9-20(17(22)15-11-18-8-10-24-15)12-16(21)19-13-6-4-5-7-14(13)23-2/h4-7,15,18H,3,8-12H2,1-2H3,(H,19,21)/t15-/m1/s1. The Morgan fingerprint density at radius 3 is 2.88 bits per heavy atom. The molecule has 1 aliphatic rings. The minimum Gasteiger partial charge on any atom is -0.495 e. The van der Waals surface area contributed by atoms with Crippen molar-refractivity contribution in [1.29, 1.82) is 0 Å². The number of methoxy groups -OCH3 is 1. The van der Waals surface area contributed by atoms with Crippen LogP contribution in [-0.2, 0) is 14.3 Å². The number of amides is 2.